The Hall–Kier alpha value is -3.97. The molecular weight excluding hydrogens is 1570 g/mol. The number of hydrogen-bond acceptors (Lipinski definition) is 36. The van der Waals surface area contributed by atoms with Crippen LogP contribution in [0.1, 0.15) is 153 Å². The molecule has 20 N–H and O–H groups in total. The van der Waals surface area contributed by atoms with Crippen LogP contribution in [0.2, 0.25) is 0 Å². The van der Waals surface area contributed by atoms with E-state index in [1.165, 1.54) is 26.8 Å². The normalized spacial score (nSPS) is 41.1. The molecule has 0 radical (unpaired) electrons. The number of allylic oxidation sites excluding steroid dienone is 10. The second-order valence-corrected chi connectivity index (χ2v) is 33.0. The van der Waals surface area contributed by atoms with Crippen LogP contribution in [0.25, 0.3) is 0 Å². The van der Waals surface area contributed by atoms with E-state index in [-0.39, 0.29) is 12.2 Å². The lowest BCUT2D eigenvalue weighted by atomic mass is 9.90. The molecular formula is C83H136O36. The van der Waals surface area contributed by atoms with E-state index in [2.05, 4.69) is 31.4 Å². The number of rotatable bonds is 42. The Morgan fingerprint density at radius 1 is 0.345 bits per heavy atom. The number of ether oxygens (including phenoxy) is 15. The molecule has 7 rings (SSSR count). The van der Waals surface area contributed by atoms with Gasteiger partial charge in [0.15, 0.2) is 50.1 Å². The van der Waals surface area contributed by atoms with Gasteiger partial charge in [-0.15, -0.1) is 13.2 Å². The lowest BCUT2D eigenvalue weighted by Gasteiger charge is -2.47. The number of aliphatic hydroxyl groups is 20. The lowest BCUT2D eigenvalue weighted by molar-refractivity contribution is -0.375. The highest BCUT2D eigenvalue weighted by atomic mass is 16.8. The first-order valence-electron chi connectivity index (χ1n) is 41.1. The maximum absolute atomic E-state index is 13.6. The summed E-state index contributed by atoms with van der Waals surface area (Å²) in [5.74, 6) is -1.66. The van der Waals surface area contributed by atoms with Gasteiger partial charge in [0.1, 0.15) is 140 Å². The molecule has 684 valence electrons. The molecule has 36 nitrogen and oxygen atoms in total. The monoisotopic (exact) mass is 1710 g/mol. The van der Waals surface area contributed by atoms with Gasteiger partial charge in [-0.2, -0.15) is 0 Å². The minimum absolute atomic E-state index is 0.00166. The van der Waals surface area contributed by atoms with Gasteiger partial charge in [-0.25, -0.2) is 4.79 Å². The summed E-state index contributed by atoms with van der Waals surface area (Å²) in [6, 6.07) is 0. The molecule has 7 heterocycles. The fraction of sp³-hybridized carbons (Fsp3) is 0.795. The molecule has 7 saturated heterocycles. The minimum Gasteiger partial charge on any atom is -0.451 e. The van der Waals surface area contributed by atoms with Crippen molar-refractivity contribution in [3.63, 3.8) is 0 Å². The second kappa shape index (κ2) is 47.6. The maximum Gasteiger partial charge on any atom is 0.333 e. The van der Waals surface area contributed by atoms with Crippen LogP contribution in [0.5, 0.6) is 0 Å². The fourth-order valence-corrected chi connectivity index (χ4v) is 14.8. The molecule has 0 bridgehead atoms. The topological polar surface area (TPSA) is 560 Å². The van der Waals surface area contributed by atoms with E-state index in [4.69, 9.17) is 71.1 Å². The van der Waals surface area contributed by atoms with Crippen molar-refractivity contribution in [1.82, 2.24) is 0 Å². The SMILES string of the molecule is C=CC(C)(CC/C=C(\C)CC/C=C(\C)CC/C=C(/C)COC1OC(C)C(O)C(OC2OC(COC3OC(C)C(O)C(O)C3OC(=O)/C(C)=C/CC/C(C)=C/CC/C(C)=C/CCC(C)(C=C)OC3OC(CO)C(O)C(O)C3OC3OC(CO)C(O)C(O)C3O)C(O)C(O)C2O)C1O)OC1OC(CO)C(O)C(O)C1OC1OC(CO)C(O)C(C)C1O. The van der Waals surface area contributed by atoms with Crippen molar-refractivity contribution < 1.29 is 178 Å². The molecule has 0 aromatic heterocycles. The molecule has 7 aliphatic rings. The Bertz CT molecular complexity index is 3300. The van der Waals surface area contributed by atoms with Crippen molar-refractivity contribution in [1.29, 1.82) is 0 Å². The maximum atomic E-state index is 13.6. The molecule has 7 aliphatic heterocycles. The molecule has 7 fully saturated rings. The molecule has 0 spiro atoms. The van der Waals surface area contributed by atoms with Crippen LogP contribution in [0, 0.1) is 5.92 Å². The van der Waals surface area contributed by atoms with Gasteiger partial charge in [0.2, 0.25) is 0 Å². The summed E-state index contributed by atoms with van der Waals surface area (Å²) in [7, 11) is 0. The predicted molar refractivity (Wildman–Crippen MR) is 419 cm³/mol. The van der Waals surface area contributed by atoms with E-state index >= 15 is 0 Å². The predicted octanol–water partition coefficient (Wildman–Crippen LogP) is -1.14. The fourth-order valence-electron chi connectivity index (χ4n) is 14.8. The Morgan fingerprint density at radius 2 is 0.697 bits per heavy atom. The van der Waals surface area contributed by atoms with Gasteiger partial charge in [-0.3, -0.25) is 0 Å². The van der Waals surface area contributed by atoms with E-state index in [1.807, 2.05) is 46.8 Å². The zero-order chi connectivity index (χ0) is 88.2. The van der Waals surface area contributed by atoms with Gasteiger partial charge in [0.05, 0.1) is 69.2 Å². The van der Waals surface area contributed by atoms with Crippen LogP contribution >= 0.6 is 0 Å². The Labute approximate surface area is 695 Å². The molecule has 36 heteroatoms. The second-order valence-electron chi connectivity index (χ2n) is 33.0. The Morgan fingerprint density at radius 3 is 1.14 bits per heavy atom. The highest BCUT2D eigenvalue weighted by Gasteiger charge is 2.56. The molecule has 0 saturated carbocycles. The van der Waals surface area contributed by atoms with Gasteiger partial charge in [-0.05, 0) is 146 Å². The van der Waals surface area contributed by atoms with Gasteiger partial charge in [0, 0.05) is 11.5 Å². The van der Waals surface area contributed by atoms with Gasteiger partial charge in [0.25, 0.3) is 0 Å². The lowest BCUT2D eigenvalue weighted by Crippen LogP contribution is -2.65. The van der Waals surface area contributed by atoms with Crippen molar-refractivity contribution in [3.05, 3.63) is 95.2 Å². The molecule has 119 heavy (non-hydrogen) atoms. The minimum atomic E-state index is -1.93. The van der Waals surface area contributed by atoms with Crippen molar-refractivity contribution in [2.75, 3.05) is 39.6 Å². The van der Waals surface area contributed by atoms with Crippen molar-refractivity contribution in [2.24, 2.45) is 5.92 Å². The molecule has 37 unspecified atom stereocenters. The zero-order valence-electron chi connectivity index (χ0n) is 69.9. The summed E-state index contributed by atoms with van der Waals surface area (Å²) in [6.07, 6.45) is -30.3. The molecule has 0 aliphatic carbocycles. The summed E-state index contributed by atoms with van der Waals surface area (Å²) >= 11 is 0. The third-order valence-electron chi connectivity index (χ3n) is 23.3. The van der Waals surface area contributed by atoms with Crippen molar-refractivity contribution in [3.8, 4) is 0 Å². The first-order chi connectivity index (χ1) is 56.2. The average molecular weight is 1710 g/mol. The zero-order valence-corrected chi connectivity index (χ0v) is 69.9. The van der Waals surface area contributed by atoms with Crippen LogP contribution in [-0.4, -0.2) is 368 Å². The van der Waals surface area contributed by atoms with E-state index in [9.17, 15) is 107 Å². The van der Waals surface area contributed by atoms with Crippen molar-refractivity contribution >= 4 is 5.97 Å². The van der Waals surface area contributed by atoms with E-state index in [0.29, 0.717) is 57.8 Å². The van der Waals surface area contributed by atoms with E-state index < -0.39 is 265 Å². The van der Waals surface area contributed by atoms with E-state index in [0.717, 1.165) is 47.1 Å². The first-order valence-corrected chi connectivity index (χ1v) is 41.1. The van der Waals surface area contributed by atoms with Crippen LogP contribution in [0.15, 0.2) is 95.2 Å². The van der Waals surface area contributed by atoms with Gasteiger partial charge in [-0.1, -0.05) is 83.4 Å². The van der Waals surface area contributed by atoms with Gasteiger partial charge < -0.3 is 173 Å². The summed E-state index contributed by atoms with van der Waals surface area (Å²) in [5, 5.41) is 214. The highest BCUT2D eigenvalue weighted by Crippen LogP contribution is 2.39. The number of carbonyl (C=O) groups is 1. The van der Waals surface area contributed by atoms with Crippen LogP contribution < -0.4 is 0 Å². The number of carbonyl (C=O) groups excluding carboxylic acids is 1. The quantitative estimate of drug-likeness (QED) is 0.0195. The third-order valence-corrected chi connectivity index (χ3v) is 23.3. The van der Waals surface area contributed by atoms with Crippen LogP contribution in [0.4, 0.5) is 0 Å². The standard InChI is InChI=1S/C83H136O36/c1-14-82(12,118-80-72(65(99)59(93)51(36-86)111-80)116-76-55(89)46(9)54(88)49(34-84)109-76)32-20-29-42(5)24-16-22-40(3)26-18-28-44(7)38-105-75-69(103)70(57(91)48(11)107-75)115-78-68(102)63(97)61(95)53(113-78)39-106-79-71(64(98)56(90)47(10)108-79)114-74(104)45(8)31-19-27-41(4)23-17-25-43(6)30-21-33-83(13,15-2)119-81-73(66(100)60(94)52(37-87)112-81)117-77-67(101)62(96)58(92)50(35-85)110-77/h14-15,22-23,28-31,46-73,75-81,84-103H,1-2,16-21,24-27,32-39H2,3-13H3/b40-22+,41-23+,42-29+,43-30+,44-28-,45-31+. The Kier molecular flexibility index (Phi) is 40.8. The molecule has 0 aromatic rings. The summed E-state index contributed by atoms with van der Waals surface area (Å²) in [5.41, 5.74) is 3.04. The number of esters is 1. The molecule has 0 amide bonds. The van der Waals surface area contributed by atoms with E-state index in [1.54, 1.807) is 32.9 Å². The first kappa shape index (κ1) is 102. The highest BCUT2D eigenvalue weighted by molar-refractivity contribution is 5.87. The Balaban J connectivity index is 0.836. The summed E-state index contributed by atoms with van der Waals surface area (Å²) in [6.45, 7) is 23.8. The average Bonchev–Trinajstić information content (AvgIpc) is 0.788. The molecule has 0 aromatic carbocycles. The third kappa shape index (κ3) is 27.5. The van der Waals surface area contributed by atoms with Crippen LogP contribution in [-0.2, 0) is 75.8 Å². The molecule has 37 atom stereocenters. The number of aliphatic hydroxyl groups excluding tert-OH is 20. The van der Waals surface area contributed by atoms with Crippen LogP contribution in [0.3, 0.4) is 0 Å². The largest absolute Gasteiger partial charge is 0.451 e. The summed E-state index contributed by atoms with van der Waals surface area (Å²) < 4.78 is 88.6. The summed E-state index contributed by atoms with van der Waals surface area (Å²) in [4.78, 5) is 13.6. The van der Waals surface area contributed by atoms with Crippen molar-refractivity contribution in [2.45, 2.75) is 373 Å². The number of hydrogen-bond donors (Lipinski definition) is 20. The smallest absolute Gasteiger partial charge is 0.333 e. The van der Waals surface area contributed by atoms with Gasteiger partial charge >= 0.3 is 5.97 Å².